The lowest BCUT2D eigenvalue weighted by Gasteiger charge is -2.08. The number of fused-ring (bicyclic) bond motifs is 1. The van der Waals surface area contributed by atoms with Gasteiger partial charge in [-0.25, -0.2) is 9.50 Å². The van der Waals surface area contributed by atoms with Crippen molar-refractivity contribution in [3.63, 3.8) is 0 Å². The van der Waals surface area contributed by atoms with Crippen LogP contribution in [0.4, 0.5) is 5.69 Å². The Bertz CT molecular complexity index is 921. The molecule has 6 nitrogen and oxygen atoms in total. The molecule has 1 aromatic carbocycles. The number of hydrogen-bond acceptors (Lipinski definition) is 4. The lowest BCUT2D eigenvalue weighted by molar-refractivity contribution is -0.115. The van der Waals surface area contributed by atoms with Gasteiger partial charge in [-0.15, -0.1) is 0 Å². The largest absolute Gasteiger partial charge is 0.495 e. The monoisotopic (exact) mass is 358 g/mol. The van der Waals surface area contributed by atoms with Crippen LogP contribution in [0.3, 0.4) is 0 Å². The number of anilines is 1. The lowest BCUT2D eigenvalue weighted by Crippen LogP contribution is -2.15. The number of carbonyl (C=O) groups excluding carboxylic acids is 1. The summed E-state index contributed by atoms with van der Waals surface area (Å²) in [7, 11) is 1.55. The molecule has 0 bridgehead atoms. The van der Waals surface area contributed by atoms with E-state index in [4.69, 9.17) is 16.3 Å². The predicted octanol–water partition coefficient (Wildman–Crippen LogP) is 3.70. The van der Waals surface area contributed by atoms with Gasteiger partial charge in [0.1, 0.15) is 5.75 Å². The third-order valence-corrected chi connectivity index (χ3v) is 4.05. The van der Waals surface area contributed by atoms with Crippen LogP contribution in [0.2, 0.25) is 5.02 Å². The van der Waals surface area contributed by atoms with Crippen molar-refractivity contribution in [3.05, 3.63) is 52.9 Å². The zero-order chi connectivity index (χ0) is 18.0. The van der Waals surface area contributed by atoms with Gasteiger partial charge in [0, 0.05) is 12.1 Å². The van der Waals surface area contributed by atoms with E-state index in [1.165, 1.54) is 0 Å². The highest BCUT2D eigenvalue weighted by atomic mass is 35.5. The highest BCUT2D eigenvalue weighted by Crippen LogP contribution is 2.25. The molecule has 1 amide bonds. The number of aromatic nitrogens is 3. The molecule has 0 saturated carbocycles. The van der Waals surface area contributed by atoms with Crippen molar-refractivity contribution >= 4 is 28.8 Å². The first-order valence-corrected chi connectivity index (χ1v) is 8.33. The zero-order valence-corrected chi connectivity index (χ0v) is 15.0. The van der Waals surface area contributed by atoms with E-state index in [0.29, 0.717) is 22.1 Å². The summed E-state index contributed by atoms with van der Waals surface area (Å²) >= 11 is 6.11. The van der Waals surface area contributed by atoms with Gasteiger partial charge >= 0.3 is 0 Å². The quantitative estimate of drug-likeness (QED) is 0.755. The van der Waals surface area contributed by atoms with Crippen LogP contribution in [0.15, 0.2) is 36.5 Å². The molecule has 2 heterocycles. The summed E-state index contributed by atoms with van der Waals surface area (Å²) in [6.07, 6.45) is 2.02. The Morgan fingerprint density at radius 1 is 1.36 bits per heavy atom. The Balaban J connectivity index is 1.79. The van der Waals surface area contributed by atoms with E-state index >= 15 is 0 Å². The fourth-order valence-corrected chi connectivity index (χ4v) is 2.74. The van der Waals surface area contributed by atoms with Crippen molar-refractivity contribution in [1.29, 1.82) is 0 Å². The summed E-state index contributed by atoms with van der Waals surface area (Å²) in [5, 5.41) is 7.80. The molecular weight excluding hydrogens is 340 g/mol. The molecule has 2 aromatic heterocycles. The molecule has 3 aromatic rings. The molecule has 0 aliphatic heterocycles. The first-order valence-electron chi connectivity index (χ1n) is 7.95. The Kier molecular flexibility index (Phi) is 4.90. The average Bonchev–Trinajstić information content (AvgIpc) is 3.00. The number of nitrogens with zero attached hydrogens (tertiary/aromatic N) is 3. The molecule has 0 atom stereocenters. The number of nitrogens with one attached hydrogen (secondary N) is 1. The van der Waals surface area contributed by atoms with E-state index in [1.807, 2.05) is 38.2 Å². The molecule has 0 spiro atoms. The molecule has 0 saturated heterocycles. The van der Waals surface area contributed by atoms with Crippen LogP contribution in [-0.4, -0.2) is 27.6 Å². The maximum absolute atomic E-state index is 12.4. The van der Waals surface area contributed by atoms with Crippen molar-refractivity contribution in [2.45, 2.75) is 26.2 Å². The van der Waals surface area contributed by atoms with E-state index in [1.54, 1.807) is 23.8 Å². The number of pyridine rings is 1. The Labute approximate surface area is 150 Å². The summed E-state index contributed by atoms with van der Waals surface area (Å²) in [5.41, 5.74) is 2.07. The molecular formula is C18H19ClN4O2. The van der Waals surface area contributed by atoms with Crippen LogP contribution in [0.5, 0.6) is 5.75 Å². The minimum Gasteiger partial charge on any atom is -0.495 e. The van der Waals surface area contributed by atoms with Crippen molar-refractivity contribution in [1.82, 2.24) is 14.6 Å². The van der Waals surface area contributed by atoms with Crippen molar-refractivity contribution in [3.8, 4) is 5.75 Å². The van der Waals surface area contributed by atoms with E-state index in [2.05, 4.69) is 15.4 Å². The van der Waals surface area contributed by atoms with Crippen molar-refractivity contribution in [2.24, 2.45) is 0 Å². The first kappa shape index (κ1) is 17.2. The fourth-order valence-electron chi connectivity index (χ4n) is 2.46. The smallest absolute Gasteiger partial charge is 0.228 e. The third-order valence-electron chi connectivity index (χ3n) is 3.75. The van der Waals surface area contributed by atoms with E-state index in [9.17, 15) is 4.79 Å². The molecule has 0 radical (unpaired) electrons. The summed E-state index contributed by atoms with van der Waals surface area (Å²) in [4.78, 5) is 16.9. The standard InChI is InChI=1S/C18H19ClN4O2/c1-11(2)17-21-18-14(5-4-8-23(18)22-17)20-16(24)10-12-6-7-15(25-3)13(19)9-12/h4-9,11H,10H2,1-3H3,(H,20,24). The molecule has 0 aliphatic carbocycles. The van der Waals surface area contributed by atoms with Gasteiger partial charge in [-0.1, -0.05) is 31.5 Å². The number of methoxy groups -OCH3 is 1. The number of carbonyl (C=O) groups is 1. The average molecular weight is 359 g/mol. The molecule has 0 aliphatic rings. The van der Waals surface area contributed by atoms with Crippen LogP contribution < -0.4 is 10.1 Å². The van der Waals surface area contributed by atoms with Gasteiger partial charge in [0.15, 0.2) is 11.5 Å². The van der Waals surface area contributed by atoms with E-state index in [-0.39, 0.29) is 18.2 Å². The SMILES string of the molecule is COc1ccc(CC(=O)Nc2cccn3nc(C(C)C)nc23)cc1Cl. The molecule has 0 unspecified atom stereocenters. The number of rotatable bonds is 5. The molecule has 25 heavy (non-hydrogen) atoms. The maximum Gasteiger partial charge on any atom is 0.228 e. The van der Waals surface area contributed by atoms with Crippen molar-refractivity contribution < 1.29 is 9.53 Å². The highest BCUT2D eigenvalue weighted by Gasteiger charge is 2.13. The highest BCUT2D eigenvalue weighted by molar-refractivity contribution is 6.32. The van der Waals surface area contributed by atoms with Crippen LogP contribution in [0, 0.1) is 0 Å². The summed E-state index contributed by atoms with van der Waals surface area (Å²) in [6, 6.07) is 8.94. The van der Waals surface area contributed by atoms with Gasteiger partial charge in [0.05, 0.1) is 24.2 Å². The van der Waals surface area contributed by atoms with Crippen LogP contribution in [0.25, 0.3) is 5.65 Å². The van der Waals surface area contributed by atoms with Crippen LogP contribution in [0.1, 0.15) is 31.2 Å². The minimum absolute atomic E-state index is 0.150. The summed E-state index contributed by atoms with van der Waals surface area (Å²) in [6.45, 7) is 4.06. The molecule has 3 rings (SSSR count). The van der Waals surface area contributed by atoms with E-state index < -0.39 is 0 Å². The maximum atomic E-state index is 12.4. The number of halogens is 1. The number of benzene rings is 1. The first-order chi connectivity index (χ1) is 12.0. The number of amides is 1. The van der Waals surface area contributed by atoms with Gasteiger partial charge in [0.25, 0.3) is 0 Å². The van der Waals surface area contributed by atoms with Gasteiger partial charge in [-0.2, -0.15) is 5.10 Å². The molecule has 0 fully saturated rings. The van der Waals surface area contributed by atoms with Gasteiger partial charge in [-0.3, -0.25) is 4.79 Å². The number of ether oxygens (including phenoxy) is 1. The van der Waals surface area contributed by atoms with E-state index in [0.717, 1.165) is 11.4 Å². The second-order valence-electron chi connectivity index (χ2n) is 6.01. The molecule has 1 N–H and O–H groups in total. The second kappa shape index (κ2) is 7.11. The molecule has 7 heteroatoms. The zero-order valence-electron chi connectivity index (χ0n) is 14.3. The van der Waals surface area contributed by atoms with Crippen LogP contribution in [-0.2, 0) is 11.2 Å². The Morgan fingerprint density at radius 3 is 2.84 bits per heavy atom. The normalized spacial score (nSPS) is 11.1. The lowest BCUT2D eigenvalue weighted by atomic mass is 10.1. The van der Waals surface area contributed by atoms with Crippen LogP contribution >= 0.6 is 11.6 Å². The summed E-state index contributed by atoms with van der Waals surface area (Å²) in [5.74, 6) is 1.39. The number of hydrogen-bond donors (Lipinski definition) is 1. The topological polar surface area (TPSA) is 68.5 Å². The Morgan fingerprint density at radius 2 is 2.16 bits per heavy atom. The Hall–Kier alpha value is -2.60. The van der Waals surface area contributed by atoms with Crippen molar-refractivity contribution in [2.75, 3.05) is 12.4 Å². The van der Waals surface area contributed by atoms with Gasteiger partial charge in [-0.05, 0) is 29.8 Å². The summed E-state index contributed by atoms with van der Waals surface area (Å²) < 4.78 is 6.80. The minimum atomic E-state index is -0.150. The van der Waals surface area contributed by atoms with Gasteiger partial charge in [0.2, 0.25) is 5.91 Å². The second-order valence-corrected chi connectivity index (χ2v) is 6.42. The predicted molar refractivity (Wildman–Crippen MR) is 97.4 cm³/mol. The van der Waals surface area contributed by atoms with Gasteiger partial charge < -0.3 is 10.1 Å². The molecule has 130 valence electrons. The third kappa shape index (κ3) is 3.74. The fraction of sp³-hybridized carbons (Fsp3) is 0.278.